The van der Waals surface area contributed by atoms with Crippen LogP contribution >= 0.6 is 0 Å². The summed E-state index contributed by atoms with van der Waals surface area (Å²) in [5, 5.41) is 0. The van der Waals surface area contributed by atoms with E-state index in [1.807, 2.05) is 32.0 Å². The molecule has 0 N–H and O–H groups in total. The molecule has 0 bridgehead atoms. The second kappa shape index (κ2) is 7.69. The van der Waals surface area contributed by atoms with Crippen LogP contribution < -0.4 is 14.5 Å². The van der Waals surface area contributed by atoms with E-state index in [-0.39, 0.29) is 4.90 Å². The molecule has 1 aromatic heterocycles. The van der Waals surface area contributed by atoms with Crippen molar-refractivity contribution in [3.8, 4) is 5.75 Å². The van der Waals surface area contributed by atoms with Gasteiger partial charge in [0.1, 0.15) is 23.2 Å². The zero-order valence-electron chi connectivity index (χ0n) is 16.1. The molecule has 2 aromatic rings. The van der Waals surface area contributed by atoms with Crippen LogP contribution in [0.25, 0.3) is 0 Å². The summed E-state index contributed by atoms with van der Waals surface area (Å²) in [5.41, 5.74) is 0. The normalized spacial score (nSPS) is 15.6. The lowest BCUT2D eigenvalue weighted by atomic mass is 10.3. The van der Waals surface area contributed by atoms with Crippen LogP contribution in [0.4, 0.5) is 11.6 Å². The summed E-state index contributed by atoms with van der Waals surface area (Å²) in [5.74, 6) is 2.89. The molecular formula is C18H25N5O3S. The third-order valence-corrected chi connectivity index (χ3v) is 6.41. The predicted octanol–water partition coefficient (Wildman–Crippen LogP) is 1.37. The van der Waals surface area contributed by atoms with E-state index in [0.717, 1.165) is 11.6 Å². The number of sulfonamides is 1. The van der Waals surface area contributed by atoms with Gasteiger partial charge in [-0.3, -0.25) is 0 Å². The Bertz CT molecular complexity index is 909. The van der Waals surface area contributed by atoms with Gasteiger partial charge in [0.15, 0.2) is 0 Å². The highest BCUT2D eigenvalue weighted by atomic mass is 32.2. The first-order valence-corrected chi connectivity index (χ1v) is 10.2. The molecule has 0 aliphatic carbocycles. The quantitative estimate of drug-likeness (QED) is 0.762. The van der Waals surface area contributed by atoms with E-state index in [1.54, 1.807) is 24.3 Å². The van der Waals surface area contributed by atoms with E-state index < -0.39 is 10.0 Å². The SMILES string of the molecule is COc1cccc(S(=O)(=O)N2CCN(c3cc(N(C)C)nc(C)n3)CC2)c1. The van der Waals surface area contributed by atoms with Crippen molar-refractivity contribution < 1.29 is 13.2 Å². The molecule has 8 nitrogen and oxygen atoms in total. The largest absolute Gasteiger partial charge is 0.497 e. The number of aryl methyl sites for hydroxylation is 1. The number of nitrogens with zero attached hydrogens (tertiary/aromatic N) is 5. The zero-order valence-corrected chi connectivity index (χ0v) is 16.9. The number of benzene rings is 1. The fraction of sp³-hybridized carbons (Fsp3) is 0.444. The van der Waals surface area contributed by atoms with E-state index in [9.17, 15) is 8.42 Å². The van der Waals surface area contributed by atoms with Gasteiger partial charge in [0.05, 0.1) is 12.0 Å². The topological polar surface area (TPSA) is 78.9 Å². The number of hydrogen-bond acceptors (Lipinski definition) is 7. The second-order valence-corrected chi connectivity index (χ2v) is 8.53. The van der Waals surface area contributed by atoms with Crippen molar-refractivity contribution in [2.75, 3.05) is 57.2 Å². The van der Waals surface area contributed by atoms with Gasteiger partial charge >= 0.3 is 0 Å². The number of rotatable bonds is 5. The van der Waals surface area contributed by atoms with Gasteiger partial charge in [0.25, 0.3) is 0 Å². The summed E-state index contributed by atoms with van der Waals surface area (Å²) in [6.45, 7) is 3.82. The molecule has 1 fully saturated rings. The van der Waals surface area contributed by atoms with Crippen LogP contribution in [0.5, 0.6) is 5.75 Å². The first kappa shape index (κ1) is 19.4. The average molecular weight is 391 g/mol. The highest BCUT2D eigenvalue weighted by Gasteiger charge is 2.29. The minimum atomic E-state index is -3.54. The molecule has 9 heteroatoms. The van der Waals surface area contributed by atoms with Gasteiger partial charge in [0, 0.05) is 52.4 Å². The summed E-state index contributed by atoms with van der Waals surface area (Å²) < 4.78 is 32.5. The highest BCUT2D eigenvalue weighted by Crippen LogP contribution is 2.24. The van der Waals surface area contributed by atoms with Crippen molar-refractivity contribution >= 4 is 21.7 Å². The molecule has 0 spiro atoms. The molecule has 0 radical (unpaired) electrons. The molecular weight excluding hydrogens is 366 g/mol. The summed E-state index contributed by atoms with van der Waals surface area (Å²) in [6.07, 6.45) is 0. The molecule has 1 aromatic carbocycles. The van der Waals surface area contributed by atoms with Crippen LogP contribution in [-0.4, -0.2) is 70.1 Å². The maximum absolute atomic E-state index is 12.9. The summed E-state index contributed by atoms with van der Waals surface area (Å²) in [7, 11) is 1.85. The molecule has 1 aliphatic heterocycles. The van der Waals surface area contributed by atoms with Crippen LogP contribution in [0.3, 0.4) is 0 Å². The van der Waals surface area contributed by atoms with Crippen LogP contribution in [0, 0.1) is 6.92 Å². The lowest BCUT2D eigenvalue weighted by Crippen LogP contribution is -2.49. The Morgan fingerprint density at radius 3 is 2.41 bits per heavy atom. The van der Waals surface area contributed by atoms with Gasteiger partial charge in [-0.25, -0.2) is 18.4 Å². The van der Waals surface area contributed by atoms with Gasteiger partial charge in [-0.1, -0.05) is 6.07 Å². The van der Waals surface area contributed by atoms with Crippen molar-refractivity contribution in [1.29, 1.82) is 0 Å². The Morgan fingerprint density at radius 2 is 1.78 bits per heavy atom. The highest BCUT2D eigenvalue weighted by molar-refractivity contribution is 7.89. The van der Waals surface area contributed by atoms with E-state index in [1.165, 1.54) is 11.4 Å². The Hall–Kier alpha value is -2.39. The van der Waals surface area contributed by atoms with Crippen LogP contribution in [0.15, 0.2) is 35.2 Å². The summed E-state index contributed by atoms with van der Waals surface area (Å²) >= 11 is 0. The average Bonchev–Trinajstić information content (AvgIpc) is 2.67. The molecule has 146 valence electrons. The van der Waals surface area contributed by atoms with E-state index in [4.69, 9.17) is 4.74 Å². The van der Waals surface area contributed by atoms with Gasteiger partial charge in [-0.05, 0) is 19.1 Å². The van der Waals surface area contributed by atoms with Crippen molar-refractivity contribution in [2.24, 2.45) is 0 Å². The van der Waals surface area contributed by atoms with Crippen molar-refractivity contribution in [3.05, 3.63) is 36.2 Å². The van der Waals surface area contributed by atoms with Crippen molar-refractivity contribution in [2.45, 2.75) is 11.8 Å². The third-order valence-electron chi connectivity index (χ3n) is 4.51. The number of piperazine rings is 1. The minimum Gasteiger partial charge on any atom is -0.497 e. The Morgan fingerprint density at radius 1 is 1.07 bits per heavy atom. The van der Waals surface area contributed by atoms with Crippen LogP contribution in [0.2, 0.25) is 0 Å². The fourth-order valence-corrected chi connectivity index (χ4v) is 4.45. The molecule has 0 unspecified atom stereocenters. The van der Waals surface area contributed by atoms with Crippen LogP contribution in [0.1, 0.15) is 5.82 Å². The molecule has 1 aliphatic rings. The summed E-state index contributed by atoms with van der Waals surface area (Å²) in [4.78, 5) is 13.2. The fourth-order valence-electron chi connectivity index (χ4n) is 3.00. The predicted molar refractivity (Wildman–Crippen MR) is 105 cm³/mol. The molecule has 1 saturated heterocycles. The van der Waals surface area contributed by atoms with Gasteiger partial charge in [-0.2, -0.15) is 4.31 Å². The number of methoxy groups -OCH3 is 1. The number of anilines is 2. The molecule has 0 saturated carbocycles. The summed E-state index contributed by atoms with van der Waals surface area (Å²) in [6, 6.07) is 8.50. The number of hydrogen-bond donors (Lipinski definition) is 0. The molecule has 2 heterocycles. The van der Waals surface area contributed by atoms with Crippen molar-refractivity contribution in [1.82, 2.24) is 14.3 Å². The first-order valence-electron chi connectivity index (χ1n) is 8.73. The standard InChI is InChI=1S/C18H25N5O3S/c1-14-19-17(21(2)3)13-18(20-14)22-8-10-23(11-9-22)27(24,25)16-7-5-6-15(12-16)26-4/h5-7,12-13H,8-11H2,1-4H3. The lowest BCUT2D eigenvalue weighted by molar-refractivity contribution is 0.382. The monoisotopic (exact) mass is 391 g/mol. The van der Waals surface area contributed by atoms with E-state index in [0.29, 0.717) is 37.8 Å². The van der Waals surface area contributed by atoms with Crippen molar-refractivity contribution in [3.63, 3.8) is 0 Å². The van der Waals surface area contributed by atoms with Gasteiger partial charge in [0.2, 0.25) is 10.0 Å². The Balaban J connectivity index is 1.75. The van der Waals surface area contributed by atoms with Gasteiger partial charge in [-0.15, -0.1) is 0 Å². The molecule has 0 atom stereocenters. The first-order chi connectivity index (χ1) is 12.8. The Kier molecular flexibility index (Phi) is 5.52. The van der Waals surface area contributed by atoms with E-state index in [2.05, 4.69) is 14.9 Å². The zero-order chi connectivity index (χ0) is 19.6. The molecule has 3 rings (SSSR count). The smallest absolute Gasteiger partial charge is 0.243 e. The van der Waals surface area contributed by atoms with Gasteiger partial charge < -0.3 is 14.5 Å². The maximum atomic E-state index is 12.9. The molecule has 27 heavy (non-hydrogen) atoms. The lowest BCUT2D eigenvalue weighted by Gasteiger charge is -2.35. The number of aromatic nitrogens is 2. The second-order valence-electron chi connectivity index (χ2n) is 6.60. The Labute approximate surface area is 160 Å². The van der Waals surface area contributed by atoms with E-state index >= 15 is 0 Å². The maximum Gasteiger partial charge on any atom is 0.243 e. The third kappa shape index (κ3) is 4.14. The van der Waals surface area contributed by atoms with Crippen LogP contribution in [-0.2, 0) is 10.0 Å². The molecule has 0 amide bonds. The number of ether oxygens (including phenoxy) is 1. The minimum absolute atomic E-state index is 0.253.